The molecular formula is C23H27F3N6O4. The second-order valence-corrected chi connectivity index (χ2v) is 8.81. The number of aromatic nitrogens is 2. The molecular weight excluding hydrogens is 481 g/mol. The molecule has 1 amide bonds. The van der Waals surface area contributed by atoms with Gasteiger partial charge in [-0.1, -0.05) is 18.2 Å². The Labute approximate surface area is 205 Å². The number of hydrogen-bond acceptors (Lipinski definition) is 8. The van der Waals surface area contributed by atoms with E-state index in [0.717, 1.165) is 18.8 Å². The van der Waals surface area contributed by atoms with E-state index in [2.05, 4.69) is 32.3 Å². The van der Waals surface area contributed by atoms with Gasteiger partial charge in [-0.25, -0.2) is 9.97 Å². The highest BCUT2D eigenvalue weighted by Gasteiger charge is 2.41. The fourth-order valence-electron chi connectivity index (χ4n) is 4.48. The van der Waals surface area contributed by atoms with Crippen molar-refractivity contribution in [2.75, 3.05) is 43.0 Å². The van der Waals surface area contributed by atoms with Gasteiger partial charge in [-0.2, -0.15) is 13.2 Å². The quantitative estimate of drug-likeness (QED) is 0.447. The molecule has 0 unspecified atom stereocenters. The Morgan fingerprint density at radius 3 is 2.39 bits per heavy atom. The van der Waals surface area contributed by atoms with Crippen molar-refractivity contribution in [3.63, 3.8) is 0 Å². The number of benzene rings is 1. The van der Waals surface area contributed by atoms with E-state index < -0.39 is 22.5 Å². The number of nitrogens with one attached hydrogen (secondary N) is 1. The van der Waals surface area contributed by atoms with Gasteiger partial charge in [0.2, 0.25) is 17.5 Å². The van der Waals surface area contributed by atoms with Crippen molar-refractivity contribution >= 4 is 23.2 Å². The van der Waals surface area contributed by atoms with Crippen LogP contribution in [0.5, 0.6) is 0 Å². The third-order valence-corrected chi connectivity index (χ3v) is 6.44. The van der Waals surface area contributed by atoms with Gasteiger partial charge in [-0.05, 0) is 37.8 Å². The first-order chi connectivity index (χ1) is 17.2. The summed E-state index contributed by atoms with van der Waals surface area (Å²) >= 11 is 0. The molecule has 1 N–H and O–H groups in total. The summed E-state index contributed by atoms with van der Waals surface area (Å²) in [5.41, 5.74) is -1.62. The summed E-state index contributed by atoms with van der Waals surface area (Å²) in [6, 6.07) is 9.85. The van der Waals surface area contributed by atoms with Crippen molar-refractivity contribution in [2.24, 2.45) is 0 Å². The van der Waals surface area contributed by atoms with Crippen LogP contribution in [0.2, 0.25) is 0 Å². The maximum atomic E-state index is 13.1. The molecule has 1 aromatic heterocycles. The lowest BCUT2D eigenvalue weighted by molar-refractivity contribution is -0.388. The molecule has 1 aromatic carbocycles. The molecule has 2 heterocycles. The van der Waals surface area contributed by atoms with Gasteiger partial charge >= 0.3 is 11.9 Å². The Hall–Kier alpha value is -3.48. The Bertz CT molecular complexity index is 1060. The zero-order chi connectivity index (χ0) is 25.7. The van der Waals surface area contributed by atoms with Crippen LogP contribution in [0.15, 0.2) is 36.5 Å². The van der Waals surface area contributed by atoms with E-state index in [1.165, 1.54) is 0 Å². The van der Waals surface area contributed by atoms with E-state index in [1.807, 2.05) is 18.2 Å². The van der Waals surface area contributed by atoms with Gasteiger partial charge in [-0.15, -0.1) is 0 Å². The molecule has 10 nitrogen and oxygen atoms in total. The molecule has 0 atom stereocenters. The van der Waals surface area contributed by atoms with Gasteiger partial charge in [0.25, 0.3) is 0 Å². The van der Waals surface area contributed by atoms with Crippen molar-refractivity contribution in [3.8, 4) is 0 Å². The fourth-order valence-corrected chi connectivity index (χ4v) is 4.48. The zero-order valence-electron chi connectivity index (χ0n) is 19.5. The molecule has 2 aromatic rings. The van der Waals surface area contributed by atoms with Crippen LogP contribution in [0.1, 0.15) is 31.4 Å². The largest absolute Gasteiger partial charge is 0.440 e. The topological polar surface area (TPSA) is 114 Å². The zero-order valence-corrected chi connectivity index (χ0v) is 19.5. The summed E-state index contributed by atoms with van der Waals surface area (Å²) in [5, 5.41) is 13.7. The van der Waals surface area contributed by atoms with Crippen LogP contribution in [-0.4, -0.2) is 70.6 Å². The molecule has 13 heteroatoms. The van der Waals surface area contributed by atoms with E-state index in [4.69, 9.17) is 4.74 Å². The third-order valence-electron chi connectivity index (χ3n) is 6.44. The number of ether oxygens (including phenoxy) is 1. The molecule has 0 radical (unpaired) electrons. The Morgan fingerprint density at radius 1 is 1.11 bits per heavy atom. The molecule has 4 rings (SSSR count). The molecule has 2 aliphatic rings. The molecule has 1 saturated heterocycles. The number of halogens is 3. The molecule has 36 heavy (non-hydrogen) atoms. The van der Waals surface area contributed by atoms with Gasteiger partial charge in [0.1, 0.15) is 12.8 Å². The first-order valence-corrected chi connectivity index (χ1v) is 11.7. The van der Waals surface area contributed by atoms with E-state index in [0.29, 0.717) is 45.0 Å². The van der Waals surface area contributed by atoms with E-state index in [-0.39, 0.29) is 30.6 Å². The number of para-hydroxylation sites is 1. The summed E-state index contributed by atoms with van der Waals surface area (Å²) in [6.07, 6.45) is -2.13. The predicted molar refractivity (Wildman–Crippen MR) is 125 cm³/mol. The molecule has 194 valence electrons. The predicted octanol–water partition coefficient (Wildman–Crippen LogP) is 3.49. The number of hydrogen-bond donors (Lipinski definition) is 1. The van der Waals surface area contributed by atoms with Gasteiger partial charge in [0.15, 0.2) is 0 Å². The monoisotopic (exact) mass is 508 g/mol. The van der Waals surface area contributed by atoms with Crippen molar-refractivity contribution < 1.29 is 27.6 Å². The number of piperazine rings is 1. The minimum Gasteiger partial charge on any atom is -0.368 e. The fraction of sp³-hybridized carbons (Fsp3) is 0.522. The minimum atomic E-state index is -4.96. The summed E-state index contributed by atoms with van der Waals surface area (Å²) in [6.45, 7) is 2.76. The highest BCUT2D eigenvalue weighted by Crippen LogP contribution is 2.35. The number of rotatable bonds is 7. The van der Waals surface area contributed by atoms with Crippen LogP contribution < -0.4 is 10.2 Å². The number of amides is 1. The van der Waals surface area contributed by atoms with Crippen molar-refractivity contribution in [1.29, 1.82) is 0 Å². The normalized spacial score (nSPS) is 20.8. The van der Waals surface area contributed by atoms with Crippen molar-refractivity contribution in [1.82, 2.24) is 14.9 Å². The summed E-state index contributed by atoms with van der Waals surface area (Å²) in [5.74, 6) is -0.357. The number of nitrogens with zero attached hydrogens (tertiary/aromatic N) is 5. The van der Waals surface area contributed by atoms with Crippen molar-refractivity contribution in [2.45, 2.75) is 44.0 Å². The van der Waals surface area contributed by atoms with Crippen LogP contribution in [0, 0.1) is 10.1 Å². The number of carbonyl (C=O) groups is 1. The third kappa shape index (κ3) is 6.39. The molecule has 1 aliphatic heterocycles. The van der Waals surface area contributed by atoms with E-state index in [1.54, 1.807) is 4.90 Å². The molecule has 0 spiro atoms. The maximum absolute atomic E-state index is 13.1. The summed E-state index contributed by atoms with van der Waals surface area (Å²) in [7, 11) is 0. The highest BCUT2D eigenvalue weighted by molar-refractivity contribution is 5.77. The first kappa shape index (κ1) is 25.6. The number of alkyl halides is 3. The van der Waals surface area contributed by atoms with E-state index in [9.17, 15) is 28.1 Å². The highest BCUT2D eigenvalue weighted by atomic mass is 19.4. The first-order valence-electron chi connectivity index (χ1n) is 11.7. The summed E-state index contributed by atoms with van der Waals surface area (Å²) < 4.78 is 45.2. The molecule has 1 saturated carbocycles. The second kappa shape index (κ2) is 11.1. The van der Waals surface area contributed by atoms with Crippen LogP contribution in [-0.2, 0) is 15.7 Å². The Kier molecular flexibility index (Phi) is 7.87. The number of carbonyl (C=O) groups excluding carboxylic acids is 1. The lowest BCUT2D eigenvalue weighted by Gasteiger charge is -2.36. The lowest BCUT2D eigenvalue weighted by atomic mass is 9.93. The van der Waals surface area contributed by atoms with Crippen molar-refractivity contribution in [3.05, 3.63) is 52.3 Å². The van der Waals surface area contributed by atoms with E-state index >= 15 is 0 Å². The standard InChI is InChI=1S/C23H27F3N6O4/c24-23(25,26)21-19(32(34)35)14-27-22(29-21)28-16-6-8-18(9-7-16)36-15-20(33)31-12-10-30(11-13-31)17-4-2-1-3-5-17/h1-5,14,16,18H,6-13,15H2,(H,27,28,29)/t16-,18-. The van der Waals surface area contributed by atoms with Crippen LogP contribution in [0.4, 0.5) is 30.5 Å². The average molecular weight is 509 g/mol. The van der Waals surface area contributed by atoms with Crippen LogP contribution in [0.25, 0.3) is 0 Å². The SMILES string of the molecule is O=C(CO[C@H]1CC[C@H](Nc2ncc([N+](=O)[O-])c(C(F)(F)F)n2)CC1)N1CCN(c2ccccc2)CC1. The molecule has 1 aliphatic carbocycles. The minimum absolute atomic E-state index is 0.00545. The maximum Gasteiger partial charge on any atom is 0.440 e. The Morgan fingerprint density at radius 2 is 1.78 bits per heavy atom. The van der Waals surface area contributed by atoms with Gasteiger partial charge in [0, 0.05) is 37.9 Å². The number of nitro groups is 1. The van der Waals surface area contributed by atoms with Crippen LogP contribution >= 0.6 is 0 Å². The summed E-state index contributed by atoms with van der Waals surface area (Å²) in [4.78, 5) is 33.3. The second-order valence-electron chi connectivity index (χ2n) is 8.81. The average Bonchev–Trinajstić information content (AvgIpc) is 2.88. The molecule has 2 fully saturated rings. The number of anilines is 2. The van der Waals surface area contributed by atoms with Crippen LogP contribution in [0.3, 0.4) is 0 Å². The van der Waals surface area contributed by atoms with Gasteiger partial charge in [0.05, 0.1) is 11.0 Å². The van der Waals surface area contributed by atoms with Gasteiger partial charge < -0.3 is 19.9 Å². The lowest BCUT2D eigenvalue weighted by Crippen LogP contribution is -2.50. The Balaban J connectivity index is 1.20. The molecule has 0 bridgehead atoms. The van der Waals surface area contributed by atoms with Gasteiger partial charge in [-0.3, -0.25) is 14.9 Å². The smallest absolute Gasteiger partial charge is 0.368 e.